The lowest BCUT2D eigenvalue weighted by Crippen LogP contribution is -2.12. The maximum Gasteiger partial charge on any atom is 0.307 e. The van der Waals surface area contributed by atoms with Crippen molar-refractivity contribution in [3.8, 4) is 0 Å². The van der Waals surface area contributed by atoms with Gasteiger partial charge in [0, 0.05) is 5.25 Å². The minimum Gasteiger partial charge on any atom is -0.495 e. The SMILES string of the molecule is C=C(C)OCCOC(=O)CC(C)S. The van der Waals surface area contributed by atoms with Crippen LogP contribution < -0.4 is 0 Å². The van der Waals surface area contributed by atoms with Crippen LogP contribution in [0.3, 0.4) is 0 Å². The van der Waals surface area contributed by atoms with E-state index in [2.05, 4.69) is 19.2 Å². The number of allylic oxidation sites excluding steroid dienone is 1. The van der Waals surface area contributed by atoms with Crippen molar-refractivity contribution in [3.05, 3.63) is 12.3 Å². The molecule has 1 atom stereocenters. The second kappa shape index (κ2) is 6.83. The topological polar surface area (TPSA) is 35.5 Å². The van der Waals surface area contributed by atoms with Gasteiger partial charge < -0.3 is 9.47 Å². The van der Waals surface area contributed by atoms with E-state index in [-0.39, 0.29) is 17.8 Å². The monoisotopic (exact) mass is 204 g/mol. The summed E-state index contributed by atoms with van der Waals surface area (Å²) >= 11 is 4.07. The van der Waals surface area contributed by atoms with Crippen LogP contribution in [-0.4, -0.2) is 24.4 Å². The van der Waals surface area contributed by atoms with Crippen molar-refractivity contribution in [2.24, 2.45) is 0 Å². The predicted octanol–water partition coefficient (Wildman–Crippen LogP) is 1.79. The Morgan fingerprint density at radius 3 is 2.46 bits per heavy atom. The Balaban J connectivity index is 3.32. The maximum atomic E-state index is 10.9. The lowest BCUT2D eigenvalue weighted by Gasteiger charge is -2.07. The number of carbonyl (C=O) groups excluding carboxylic acids is 1. The molecule has 0 radical (unpaired) electrons. The van der Waals surface area contributed by atoms with Crippen LogP contribution in [0.25, 0.3) is 0 Å². The number of ether oxygens (including phenoxy) is 2. The summed E-state index contributed by atoms with van der Waals surface area (Å²) in [6.07, 6.45) is 0.330. The molecule has 4 heteroatoms. The molecule has 0 aromatic heterocycles. The molecular weight excluding hydrogens is 188 g/mol. The van der Waals surface area contributed by atoms with Crippen molar-refractivity contribution in [2.75, 3.05) is 13.2 Å². The summed E-state index contributed by atoms with van der Waals surface area (Å²) < 4.78 is 9.86. The van der Waals surface area contributed by atoms with E-state index in [1.807, 2.05) is 6.92 Å². The number of rotatable bonds is 6. The van der Waals surface area contributed by atoms with Crippen molar-refractivity contribution in [2.45, 2.75) is 25.5 Å². The summed E-state index contributed by atoms with van der Waals surface area (Å²) in [5.74, 6) is 0.381. The smallest absolute Gasteiger partial charge is 0.307 e. The zero-order chi connectivity index (χ0) is 10.3. The first kappa shape index (κ1) is 12.4. The third-order valence-corrected chi connectivity index (χ3v) is 1.34. The van der Waals surface area contributed by atoms with Crippen molar-refractivity contribution >= 4 is 18.6 Å². The van der Waals surface area contributed by atoms with Gasteiger partial charge >= 0.3 is 5.97 Å². The molecule has 0 heterocycles. The Morgan fingerprint density at radius 1 is 1.46 bits per heavy atom. The fraction of sp³-hybridized carbons (Fsp3) is 0.667. The largest absolute Gasteiger partial charge is 0.495 e. The molecule has 0 fully saturated rings. The van der Waals surface area contributed by atoms with Gasteiger partial charge in [-0.2, -0.15) is 12.6 Å². The summed E-state index contributed by atoms with van der Waals surface area (Å²) in [7, 11) is 0. The maximum absolute atomic E-state index is 10.9. The second-order valence-corrected chi connectivity index (χ2v) is 3.71. The average Bonchev–Trinajstić information content (AvgIpc) is 1.96. The average molecular weight is 204 g/mol. The Morgan fingerprint density at radius 2 is 2.00 bits per heavy atom. The molecule has 1 unspecified atom stereocenters. The molecular formula is C9H16O3S. The van der Waals surface area contributed by atoms with Crippen molar-refractivity contribution in [1.29, 1.82) is 0 Å². The standard InChI is InChI=1S/C9H16O3S/c1-7(2)11-4-5-12-9(10)6-8(3)13/h8,13H,1,4-6H2,2-3H3. The van der Waals surface area contributed by atoms with E-state index in [1.165, 1.54) is 0 Å². The van der Waals surface area contributed by atoms with Crippen LogP contribution in [0.5, 0.6) is 0 Å². The predicted molar refractivity (Wildman–Crippen MR) is 54.8 cm³/mol. The van der Waals surface area contributed by atoms with E-state index in [1.54, 1.807) is 6.92 Å². The van der Waals surface area contributed by atoms with Gasteiger partial charge in [-0.15, -0.1) is 0 Å². The first-order valence-electron chi connectivity index (χ1n) is 4.14. The fourth-order valence-corrected chi connectivity index (χ4v) is 0.821. The van der Waals surface area contributed by atoms with Gasteiger partial charge in [-0.1, -0.05) is 13.5 Å². The van der Waals surface area contributed by atoms with E-state index >= 15 is 0 Å². The van der Waals surface area contributed by atoms with Crippen molar-refractivity contribution in [3.63, 3.8) is 0 Å². The highest BCUT2D eigenvalue weighted by molar-refractivity contribution is 7.80. The normalized spacial score (nSPS) is 11.9. The molecule has 0 aromatic carbocycles. The zero-order valence-electron chi connectivity index (χ0n) is 8.08. The molecule has 0 saturated carbocycles. The van der Waals surface area contributed by atoms with Gasteiger partial charge in [-0.3, -0.25) is 4.79 Å². The van der Waals surface area contributed by atoms with Gasteiger partial charge in [-0.25, -0.2) is 0 Å². The second-order valence-electron chi connectivity index (χ2n) is 2.82. The number of hydrogen-bond donors (Lipinski definition) is 1. The lowest BCUT2D eigenvalue weighted by molar-refractivity contribution is -0.144. The van der Waals surface area contributed by atoms with Crippen LogP contribution in [0.15, 0.2) is 12.3 Å². The molecule has 0 aliphatic carbocycles. The van der Waals surface area contributed by atoms with E-state index in [0.29, 0.717) is 18.8 Å². The molecule has 76 valence electrons. The molecule has 0 spiro atoms. The molecule has 0 bridgehead atoms. The number of carbonyl (C=O) groups is 1. The number of esters is 1. The molecule has 0 N–H and O–H groups in total. The Bertz CT molecular complexity index is 178. The molecule has 0 aromatic rings. The van der Waals surface area contributed by atoms with E-state index in [4.69, 9.17) is 9.47 Å². The highest BCUT2D eigenvalue weighted by atomic mass is 32.1. The minimum absolute atomic E-state index is 0.0366. The van der Waals surface area contributed by atoms with Gasteiger partial charge in [0.25, 0.3) is 0 Å². The van der Waals surface area contributed by atoms with Crippen molar-refractivity contribution in [1.82, 2.24) is 0 Å². The first-order chi connectivity index (χ1) is 6.02. The van der Waals surface area contributed by atoms with Crippen LogP contribution in [0.1, 0.15) is 20.3 Å². The van der Waals surface area contributed by atoms with Crippen LogP contribution in [0.4, 0.5) is 0 Å². The summed E-state index contributed by atoms with van der Waals surface area (Å²) in [6.45, 7) is 7.77. The first-order valence-corrected chi connectivity index (χ1v) is 4.66. The summed E-state index contributed by atoms with van der Waals surface area (Å²) in [5.41, 5.74) is 0. The van der Waals surface area contributed by atoms with E-state index in [9.17, 15) is 4.79 Å². The van der Waals surface area contributed by atoms with Crippen LogP contribution in [0.2, 0.25) is 0 Å². The van der Waals surface area contributed by atoms with Gasteiger partial charge in [0.05, 0.1) is 12.2 Å². The highest BCUT2D eigenvalue weighted by Gasteiger charge is 2.05. The van der Waals surface area contributed by atoms with Crippen LogP contribution in [-0.2, 0) is 14.3 Å². The van der Waals surface area contributed by atoms with Crippen molar-refractivity contribution < 1.29 is 14.3 Å². The highest BCUT2D eigenvalue weighted by Crippen LogP contribution is 2.00. The summed E-state index contributed by atoms with van der Waals surface area (Å²) in [6, 6.07) is 0. The Labute approximate surface area is 84.5 Å². The van der Waals surface area contributed by atoms with Gasteiger partial charge in [0.1, 0.15) is 13.2 Å². The van der Waals surface area contributed by atoms with E-state index < -0.39 is 0 Å². The Kier molecular flexibility index (Phi) is 6.49. The third-order valence-electron chi connectivity index (χ3n) is 1.16. The molecule has 13 heavy (non-hydrogen) atoms. The summed E-state index contributed by atoms with van der Waals surface area (Å²) in [4.78, 5) is 10.9. The quantitative estimate of drug-likeness (QED) is 0.310. The molecule has 0 saturated heterocycles. The molecule has 0 aliphatic rings. The zero-order valence-corrected chi connectivity index (χ0v) is 8.97. The van der Waals surface area contributed by atoms with Crippen LogP contribution >= 0.6 is 12.6 Å². The number of thiol groups is 1. The van der Waals surface area contributed by atoms with Gasteiger partial charge in [0.2, 0.25) is 0 Å². The molecule has 0 amide bonds. The molecule has 0 rings (SSSR count). The number of hydrogen-bond acceptors (Lipinski definition) is 4. The fourth-order valence-electron chi connectivity index (χ4n) is 0.672. The van der Waals surface area contributed by atoms with E-state index in [0.717, 1.165) is 0 Å². The minimum atomic E-state index is -0.243. The van der Waals surface area contributed by atoms with Crippen LogP contribution in [0, 0.1) is 0 Å². The molecule has 0 aliphatic heterocycles. The van der Waals surface area contributed by atoms with Gasteiger partial charge in [-0.05, 0) is 6.92 Å². The van der Waals surface area contributed by atoms with Gasteiger partial charge in [0.15, 0.2) is 0 Å². The lowest BCUT2D eigenvalue weighted by atomic mass is 10.3. The molecule has 3 nitrogen and oxygen atoms in total. The summed E-state index contributed by atoms with van der Waals surface area (Å²) in [5, 5.41) is 0.0366. The Hall–Kier alpha value is -0.640. The third kappa shape index (κ3) is 9.27.